The molecule has 0 aliphatic rings. The van der Waals surface area contributed by atoms with Gasteiger partial charge in [-0.05, 0) is 12.3 Å². The first kappa shape index (κ1) is 8.68. The Balaban J connectivity index is 3.68. The standard InChI is InChI=1S/C10H9/c1-4-7-10(8-5-2)9-6-3/h1-2,10H,7-9H2. The summed E-state index contributed by atoms with van der Waals surface area (Å²) in [4.78, 5) is 0. The molecule has 0 rings (SSSR count). The summed E-state index contributed by atoms with van der Waals surface area (Å²) in [5.74, 6) is 7.59. The predicted molar refractivity (Wildman–Crippen MR) is 42.1 cm³/mol. The van der Waals surface area contributed by atoms with Crippen LogP contribution < -0.4 is 0 Å². The molecule has 0 unspecified atom stereocenters. The van der Waals surface area contributed by atoms with Gasteiger partial charge in [-0.2, -0.15) is 0 Å². The second kappa shape index (κ2) is 5.81. The van der Waals surface area contributed by atoms with Gasteiger partial charge in [-0.15, -0.1) is 24.7 Å². The van der Waals surface area contributed by atoms with Crippen LogP contribution in [0.25, 0.3) is 0 Å². The SMILES string of the molecule is [C]#CCC(CC#C)CC#C. The van der Waals surface area contributed by atoms with Crippen molar-refractivity contribution in [1.29, 1.82) is 0 Å². The van der Waals surface area contributed by atoms with E-state index in [9.17, 15) is 0 Å². The maximum atomic E-state index is 6.70. The molecule has 0 N–H and O–H groups in total. The molecule has 1 radical (unpaired) electrons. The van der Waals surface area contributed by atoms with Crippen molar-refractivity contribution in [3.8, 4) is 30.6 Å². The summed E-state index contributed by atoms with van der Waals surface area (Å²) >= 11 is 0. The molecule has 0 heterocycles. The van der Waals surface area contributed by atoms with E-state index in [4.69, 9.17) is 19.3 Å². The monoisotopic (exact) mass is 129 g/mol. The molecule has 0 nitrogen and oxygen atoms in total. The summed E-state index contributed by atoms with van der Waals surface area (Å²) in [6.45, 7) is 0. The van der Waals surface area contributed by atoms with Gasteiger partial charge in [0.15, 0.2) is 0 Å². The Morgan fingerprint density at radius 1 is 1.10 bits per heavy atom. The Morgan fingerprint density at radius 2 is 1.60 bits per heavy atom. The minimum absolute atomic E-state index is 0.257. The van der Waals surface area contributed by atoms with Gasteiger partial charge in [-0.25, -0.2) is 0 Å². The van der Waals surface area contributed by atoms with Crippen molar-refractivity contribution < 1.29 is 0 Å². The third-order valence-corrected chi connectivity index (χ3v) is 1.20. The van der Waals surface area contributed by atoms with Crippen LogP contribution in [0.5, 0.6) is 0 Å². The van der Waals surface area contributed by atoms with Crippen molar-refractivity contribution in [1.82, 2.24) is 0 Å². The smallest absolute Gasteiger partial charge is 0.0145 e. The van der Waals surface area contributed by atoms with Crippen LogP contribution in [-0.4, -0.2) is 0 Å². The first-order chi connectivity index (χ1) is 4.85. The molecular weight excluding hydrogens is 120 g/mol. The lowest BCUT2D eigenvalue weighted by molar-refractivity contribution is 0.577. The fourth-order valence-corrected chi connectivity index (χ4v) is 0.694. The minimum Gasteiger partial charge on any atom is -0.120 e. The molecule has 0 aromatic heterocycles. The summed E-state index contributed by atoms with van der Waals surface area (Å²) in [5.41, 5.74) is 0. The number of hydrogen-bond acceptors (Lipinski definition) is 0. The van der Waals surface area contributed by atoms with Crippen molar-refractivity contribution in [3.63, 3.8) is 0 Å². The lowest BCUT2D eigenvalue weighted by Crippen LogP contribution is -1.95. The van der Waals surface area contributed by atoms with E-state index in [1.807, 2.05) is 0 Å². The molecule has 0 aliphatic carbocycles. The highest BCUT2D eigenvalue weighted by Gasteiger charge is 2.02. The molecule has 49 valence electrons. The van der Waals surface area contributed by atoms with E-state index < -0.39 is 0 Å². The first-order valence-corrected chi connectivity index (χ1v) is 3.11. The largest absolute Gasteiger partial charge is 0.120 e. The highest BCUT2D eigenvalue weighted by atomic mass is 14.0. The van der Waals surface area contributed by atoms with Gasteiger partial charge in [-0.1, -0.05) is 5.92 Å². The van der Waals surface area contributed by atoms with Gasteiger partial charge >= 0.3 is 0 Å². The highest BCUT2D eigenvalue weighted by molar-refractivity contribution is 4.96. The van der Waals surface area contributed by atoms with Crippen molar-refractivity contribution in [2.75, 3.05) is 0 Å². The van der Waals surface area contributed by atoms with Gasteiger partial charge in [0, 0.05) is 19.3 Å². The second-order valence-electron chi connectivity index (χ2n) is 2.06. The summed E-state index contributed by atoms with van der Waals surface area (Å²) < 4.78 is 0. The van der Waals surface area contributed by atoms with Crippen molar-refractivity contribution in [2.45, 2.75) is 19.3 Å². The van der Waals surface area contributed by atoms with Gasteiger partial charge in [0.05, 0.1) is 0 Å². The molecule has 0 saturated heterocycles. The molecule has 0 saturated carbocycles. The van der Waals surface area contributed by atoms with Crippen LogP contribution in [-0.2, 0) is 0 Å². The molecule has 0 heteroatoms. The molecule has 0 aromatic carbocycles. The zero-order chi connectivity index (χ0) is 7.82. The Bertz CT molecular complexity index is 154. The number of terminal acetylenes is 2. The third-order valence-electron chi connectivity index (χ3n) is 1.20. The van der Waals surface area contributed by atoms with E-state index in [0.717, 1.165) is 0 Å². The van der Waals surface area contributed by atoms with Gasteiger partial charge in [0.25, 0.3) is 0 Å². The molecule has 0 bridgehead atoms. The maximum Gasteiger partial charge on any atom is 0.0145 e. The fraction of sp³-hybridized carbons (Fsp3) is 0.400. The van der Waals surface area contributed by atoms with E-state index >= 15 is 0 Å². The zero-order valence-electron chi connectivity index (χ0n) is 5.85. The molecule has 0 amide bonds. The third kappa shape index (κ3) is 3.65. The highest BCUT2D eigenvalue weighted by Crippen LogP contribution is 2.10. The average Bonchev–Trinajstić information content (AvgIpc) is 1.90. The first-order valence-electron chi connectivity index (χ1n) is 3.11. The van der Waals surface area contributed by atoms with Crippen molar-refractivity contribution >= 4 is 0 Å². The van der Waals surface area contributed by atoms with Crippen LogP contribution in [0.4, 0.5) is 0 Å². The van der Waals surface area contributed by atoms with Gasteiger partial charge in [-0.3, -0.25) is 0 Å². The van der Waals surface area contributed by atoms with E-state index in [1.165, 1.54) is 0 Å². The molecule has 0 spiro atoms. The summed E-state index contributed by atoms with van der Waals surface area (Å²) in [6.07, 6.45) is 18.7. The molecule has 0 aliphatic heterocycles. The lowest BCUT2D eigenvalue weighted by atomic mass is 9.99. The predicted octanol–water partition coefficient (Wildman–Crippen LogP) is 1.63. The summed E-state index contributed by atoms with van der Waals surface area (Å²) in [5, 5.41) is 0. The van der Waals surface area contributed by atoms with E-state index in [-0.39, 0.29) is 5.92 Å². The average molecular weight is 129 g/mol. The van der Waals surface area contributed by atoms with Crippen molar-refractivity contribution in [3.05, 3.63) is 6.42 Å². The summed E-state index contributed by atoms with van der Waals surface area (Å²) in [7, 11) is 0. The number of rotatable bonds is 3. The normalized spacial score (nSPS) is 7.80. The maximum absolute atomic E-state index is 6.70. The van der Waals surface area contributed by atoms with Gasteiger partial charge in [0.2, 0.25) is 0 Å². The van der Waals surface area contributed by atoms with Crippen LogP contribution >= 0.6 is 0 Å². The van der Waals surface area contributed by atoms with E-state index in [0.29, 0.717) is 19.3 Å². The molecule has 0 aromatic rings. The van der Waals surface area contributed by atoms with E-state index in [1.54, 1.807) is 0 Å². The van der Waals surface area contributed by atoms with E-state index in [2.05, 4.69) is 17.8 Å². The Labute approximate surface area is 63.0 Å². The number of hydrogen-bond donors (Lipinski definition) is 0. The fourth-order valence-electron chi connectivity index (χ4n) is 0.694. The lowest BCUT2D eigenvalue weighted by Gasteiger charge is -2.03. The molecule has 0 fully saturated rings. The zero-order valence-corrected chi connectivity index (χ0v) is 5.85. The topological polar surface area (TPSA) is 0 Å². The van der Waals surface area contributed by atoms with Gasteiger partial charge in [0.1, 0.15) is 0 Å². The van der Waals surface area contributed by atoms with Crippen LogP contribution in [0.3, 0.4) is 0 Å². The van der Waals surface area contributed by atoms with Crippen LogP contribution in [0.2, 0.25) is 0 Å². The van der Waals surface area contributed by atoms with Gasteiger partial charge < -0.3 is 0 Å². The molecule has 0 atom stereocenters. The Hall–Kier alpha value is -1.32. The van der Waals surface area contributed by atoms with Crippen molar-refractivity contribution in [2.24, 2.45) is 5.92 Å². The molecule has 10 heavy (non-hydrogen) atoms. The minimum atomic E-state index is 0.257. The quantitative estimate of drug-likeness (QED) is 0.508. The molecular formula is C10H9. The second-order valence-corrected chi connectivity index (χ2v) is 2.06. The Kier molecular flexibility index (Phi) is 5.04. The Morgan fingerprint density at radius 3 is 1.90 bits per heavy atom. The van der Waals surface area contributed by atoms with Crippen LogP contribution in [0.1, 0.15) is 19.3 Å². The summed E-state index contributed by atoms with van der Waals surface area (Å²) in [6, 6.07) is 0. The van der Waals surface area contributed by atoms with Crippen LogP contribution in [0.15, 0.2) is 0 Å². The van der Waals surface area contributed by atoms with Crippen LogP contribution in [0, 0.1) is 42.9 Å².